The van der Waals surface area contributed by atoms with E-state index in [4.69, 9.17) is 4.42 Å². The van der Waals surface area contributed by atoms with E-state index in [1.165, 1.54) is 5.56 Å². The fourth-order valence-electron chi connectivity index (χ4n) is 3.63. The highest BCUT2D eigenvalue weighted by Gasteiger charge is 2.20. The van der Waals surface area contributed by atoms with Gasteiger partial charge in [-0.2, -0.15) is 0 Å². The van der Waals surface area contributed by atoms with Gasteiger partial charge in [0.05, 0.1) is 10.7 Å². The molecule has 1 aliphatic heterocycles. The van der Waals surface area contributed by atoms with Gasteiger partial charge in [0.2, 0.25) is 17.7 Å². The molecule has 158 valence electrons. The summed E-state index contributed by atoms with van der Waals surface area (Å²) < 4.78 is 5.75. The fraction of sp³-hybridized carbons (Fsp3) is 0.455. The van der Waals surface area contributed by atoms with Crippen LogP contribution in [0.15, 0.2) is 34.1 Å². The number of benzene rings is 1. The van der Waals surface area contributed by atoms with Gasteiger partial charge < -0.3 is 9.32 Å². The first-order valence-corrected chi connectivity index (χ1v) is 11.3. The van der Waals surface area contributed by atoms with E-state index in [-0.39, 0.29) is 5.91 Å². The van der Waals surface area contributed by atoms with Crippen molar-refractivity contribution in [2.75, 3.05) is 26.2 Å². The molecule has 7 nitrogen and oxygen atoms in total. The molecule has 1 saturated heterocycles. The summed E-state index contributed by atoms with van der Waals surface area (Å²) in [5, 5.41) is 11.5. The van der Waals surface area contributed by atoms with Gasteiger partial charge >= 0.3 is 0 Å². The van der Waals surface area contributed by atoms with Gasteiger partial charge in [-0.1, -0.05) is 17.7 Å². The van der Waals surface area contributed by atoms with E-state index in [9.17, 15) is 4.79 Å². The predicted octanol–water partition coefficient (Wildman–Crippen LogP) is 3.48. The summed E-state index contributed by atoms with van der Waals surface area (Å²) in [5.74, 6) is 1.16. The van der Waals surface area contributed by atoms with Crippen LogP contribution in [0, 0.1) is 13.8 Å². The standard InChI is InChI=1S/C22H27N5O2S/c1-16-4-6-18(7-5-16)22-25-24-20(29-22)8-9-21(28)27-11-3-10-26(12-13-27)14-19-15-30-17(2)23-19/h4-7,15H,3,8-14H2,1-2H3. The number of carbonyl (C=O) groups excluding carboxylic acids is 1. The number of amides is 1. The van der Waals surface area contributed by atoms with Crippen molar-refractivity contribution in [3.05, 3.63) is 51.8 Å². The van der Waals surface area contributed by atoms with Crippen LogP contribution in [-0.4, -0.2) is 57.1 Å². The lowest BCUT2D eigenvalue weighted by molar-refractivity contribution is -0.131. The van der Waals surface area contributed by atoms with E-state index in [0.29, 0.717) is 24.6 Å². The van der Waals surface area contributed by atoms with Gasteiger partial charge in [-0.3, -0.25) is 9.69 Å². The van der Waals surface area contributed by atoms with E-state index in [1.54, 1.807) is 11.3 Å². The van der Waals surface area contributed by atoms with E-state index in [1.807, 2.05) is 43.0 Å². The SMILES string of the molecule is Cc1ccc(-c2nnc(CCC(=O)N3CCCN(Cc4csc(C)n4)CC3)o2)cc1. The minimum atomic E-state index is 0.149. The van der Waals surface area contributed by atoms with Crippen molar-refractivity contribution < 1.29 is 9.21 Å². The predicted molar refractivity (Wildman–Crippen MR) is 116 cm³/mol. The van der Waals surface area contributed by atoms with E-state index >= 15 is 0 Å². The lowest BCUT2D eigenvalue weighted by Crippen LogP contribution is -2.35. The zero-order chi connectivity index (χ0) is 20.9. The summed E-state index contributed by atoms with van der Waals surface area (Å²) in [7, 11) is 0. The van der Waals surface area contributed by atoms with E-state index in [0.717, 1.165) is 55.4 Å². The van der Waals surface area contributed by atoms with Crippen LogP contribution < -0.4 is 0 Å². The van der Waals surface area contributed by atoms with Crippen LogP contribution in [0.25, 0.3) is 11.5 Å². The summed E-state index contributed by atoms with van der Waals surface area (Å²) in [6.07, 6.45) is 1.84. The van der Waals surface area contributed by atoms with Gasteiger partial charge in [0.1, 0.15) is 0 Å². The Morgan fingerprint density at radius 3 is 2.70 bits per heavy atom. The van der Waals surface area contributed by atoms with Gasteiger partial charge in [-0.25, -0.2) is 4.98 Å². The third-order valence-electron chi connectivity index (χ3n) is 5.31. The molecule has 30 heavy (non-hydrogen) atoms. The molecular weight excluding hydrogens is 398 g/mol. The van der Waals surface area contributed by atoms with Crippen molar-refractivity contribution in [3.63, 3.8) is 0 Å². The first-order chi connectivity index (χ1) is 14.6. The molecule has 1 aliphatic rings. The number of aromatic nitrogens is 3. The maximum absolute atomic E-state index is 12.7. The van der Waals surface area contributed by atoms with Gasteiger partial charge in [0.15, 0.2) is 0 Å². The molecule has 2 aromatic heterocycles. The van der Waals surface area contributed by atoms with Gasteiger partial charge in [0.25, 0.3) is 0 Å². The first-order valence-electron chi connectivity index (χ1n) is 10.4. The average Bonchev–Trinajstić information content (AvgIpc) is 3.31. The lowest BCUT2D eigenvalue weighted by atomic mass is 10.1. The monoisotopic (exact) mass is 425 g/mol. The van der Waals surface area contributed by atoms with Gasteiger partial charge in [-0.05, 0) is 32.4 Å². The second kappa shape index (κ2) is 9.49. The highest BCUT2D eigenvalue weighted by atomic mass is 32.1. The number of nitrogens with zero attached hydrogens (tertiary/aromatic N) is 5. The topological polar surface area (TPSA) is 75.4 Å². The third kappa shape index (κ3) is 5.31. The third-order valence-corrected chi connectivity index (χ3v) is 6.13. The Hall–Kier alpha value is -2.58. The molecule has 1 fully saturated rings. The zero-order valence-electron chi connectivity index (χ0n) is 17.5. The molecule has 3 heterocycles. The number of aryl methyl sites for hydroxylation is 3. The summed E-state index contributed by atoms with van der Waals surface area (Å²) >= 11 is 1.69. The van der Waals surface area contributed by atoms with Crippen molar-refractivity contribution in [1.82, 2.24) is 25.0 Å². The average molecular weight is 426 g/mol. The second-order valence-electron chi connectivity index (χ2n) is 7.74. The maximum atomic E-state index is 12.7. The van der Waals surface area contributed by atoms with Crippen molar-refractivity contribution in [2.45, 2.75) is 39.7 Å². The fourth-order valence-corrected chi connectivity index (χ4v) is 4.23. The van der Waals surface area contributed by atoms with Crippen molar-refractivity contribution in [1.29, 1.82) is 0 Å². The normalized spacial score (nSPS) is 15.3. The Morgan fingerprint density at radius 2 is 1.93 bits per heavy atom. The molecule has 8 heteroatoms. The Labute approximate surface area is 180 Å². The van der Waals surface area contributed by atoms with Crippen LogP contribution in [0.5, 0.6) is 0 Å². The molecule has 0 N–H and O–H groups in total. The van der Waals surface area contributed by atoms with E-state index in [2.05, 4.69) is 25.5 Å². The molecule has 0 aliphatic carbocycles. The quantitative estimate of drug-likeness (QED) is 0.602. The highest BCUT2D eigenvalue weighted by Crippen LogP contribution is 2.19. The van der Waals surface area contributed by atoms with Gasteiger partial charge in [-0.15, -0.1) is 21.5 Å². The van der Waals surface area contributed by atoms with Crippen LogP contribution in [-0.2, 0) is 17.8 Å². The Kier molecular flexibility index (Phi) is 6.54. The van der Waals surface area contributed by atoms with Crippen LogP contribution in [0.1, 0.15) is 35.0 Å². The minimum absolute atomic E-state index is 0.149. The molecule has 0 saturated carbocycles. The van der Waals surface area contributed by atoms with Crippen molar-refractivity contribution >= 4 is 17.2 Å². The molecule has 0 bridgehead atoms. The summed E-state index contributed by atoms with van der Waals surface area (Å²) in [6.45, 7) is 8.34. The Morgan fingerprint density at radius 1 is 1.10 bits per heavy atom. The lowest BCUT2D eigenvalue weighted by Gasteiger charge is -2.21. The zero-order valence-corrected chi connectivity index (χ0v) is 18.3. The van der Waals surface area contributed by atoms with Crippen LogP contribution in [0.4, 0.5) is 0 Å². The van der Waals surface area contributed by atoms with E-state index < -0.39 is 0 Å². The number of carbonyl (C=O) groups is 1. The summed E-state index contributed by atoms with van der Waals surface area (Å²) in [5.41, 5.74) is 3.20. The number of hydrogen-bond acceptors (Lipinski definition) is 7. The van der Waals surface area contributed by atoms with Crippen LogP contribution in [0.2, 0.25) is 0 Å². The number of hydrogen-bond donors (Lipinski definition) is 0. The maximum Gasteiger partial charge on any atom is 0.247 e. The smallest absolute Gasteiger partial charge is 0.247 e. The molecular formula is C22H27N5O2S. The van der Waals surface area contributed by atoms with Crippen LogP contribution >= 0.6 is 11.3 Å². The molecule has 3 aromatic rings. The Balaban J connectivity index is 1.26. The highest BCUT2D eigenvalue weighted by molar-refractivity contribution is 7.09. The summed E-state index contributed by atoms with van der Waals surface area (Å²) in [6, 6.07) is 7.96. The molecule has 0 spiro atoms. The van der Waals surface area contributed by atoms with Crippen LogP contribution in [0.3, 0.4) is 0 Å². The molecule has 1 aromatic carbocycles. The summed E-state index contributed by atoms with van der Waals surface area (Å²) in [4.78, 5) is 21.6. The Bertz CT molecular complexity index is 982. The molecule has 0 atom stereocenters. The second-order valence-corrected chi connectivity index (χ2v) is 8.80. The molecule has 4 rings (SSSR count). The molecule has 0 unspecified atom stereocenters. The first kappa shape index (κ1) is 20.7. The molecule has 0 radical (unpaired) electrons. The van der Waals surface area contributed by atoms with Crippen molar-refractivity contribution in [2.24, 2.45) is 0 Å². The molecule has 1 amide bonds. The number of thiazole rings is 1. The number of rotatable bonds is 6. The minimum Gasteiger partial charge on any atom is -0.421 e. The van der Waals surface area contributed by atoms with Gasteiger partial charge in [0, 0.05) is 56.5 Å². The van der Waals surface area contributed by atoms with Crippen molar-refractivity contribution in [3.8, 4) is 11.5 Å². The largest absolute Gasteiger partial charge is 0.421 e.